The number of rotatable bonds is 4. The number of carbonyl (C=O) groups excluding carboxylic acids is 1. The maximum absolute atomic E-state index is 12.1. The summed E-state index contributed by atoms with van der Waals surface area (Å²) in [6, 6.07) is 17.3. The molecule has 0 spiro atoms. The van der Waals surface area contributed by atoms with E-state index in [9.17, 15) is 4.79 Å². The van der Waals surface area contributed by atoms with Crippen LogP contribution in [-0.4, -0.2) is 16.0 Å². The van der Waals surface area contributed by atoms with E-state index in [0.717, 1.165) is 33.8 Å². The number of hydrogen-bond donors (Lipinski definition) is 2. The SMILES string of the molecule is Cc1cccc(NC(=O)NCc2cc(-c3ccccc3)ncn2)c1C. The summed E-state index contributed by atoms with van der Waals surface area (Å²) in [5, 5.41) is 5.71. The van der Waals surface area contributed by atoms with Crippen molar-refractivity contribution in [2.75, 3.05) is 5.32 Å². The topological polar surface area (TPSA) is 66.9 Å². The minimum atomic E-state index is -0.256. The average molecular weight is 332 g/mol. The van der Waals surface area contributed by atoms with Crippen LogP contribution in [0.4, 0.5) is 10.5 Å². The number of aryl methyl sites for hydroxylation is 1. The van der Waals surface area contributed by atoms with Crippen LogP contribution in [0.2, 0.25) is 0 Å². The van der Waals surface area contributed by atoms with Gasteiger partial charge in [0.15, 0.2) is 0 Å². The van der Waals surface area contributed by atoms with E-state index in [-0.39, 0.29) is 6.03 Å². The Hall–Kier alpha value is -3.21. The van der Waals surface area contributed by atoms with Gasteiger partial charge in [-0.3, -0.25) is 0 Å². The predicted octanol–water partition coefficient (Wildman–Crippen LogP) is 4.08. The molecule has 0 saturated carbocycles. The molecule has 0 saturated heterocycles. The molecular formula is C20H20N4O. The third kappa shape index (κ3) is 4.20. The van der Waals surface area contributed by atoms with Crippen molar-refractivity contribution in [3.05, 3.63) is 77.7 Å². The van der Waals surface area contributed by atoms with E-state index >= 15 is 0 Å². The second kappa shape index (κ2) is 7.57. The Morgan fingerprint density at radius 3 is 2.60 bits per heavy atom. The first kappa shape index (κ1) is 16.6. The maximum Gasteiger partial charge on any atom is 0.319 e. The van der Waals surface area contributed by atoms with Crippen LogP contribution in [-0.2, 0) is 6.54 Å². The van der Waals surface area contributed by atoms with Gasteiger partial charge in [0.25, 0.3) is 0 Å². The lowest BCUT2D eigenvalue weighted by atomic mass is 10.1. The van der Waals surface area contributed by atoms with Gasteiger partial charge in [0.1, 0.15) is 6.33 Å². The molecule has 1 heterocycles. The fourth-order valence-corrected chi connectivity index (χ4v) is 2.48. The molecule has 1 aromatic heterocycles. The predicted molar refractivity (Wildman–Crippen MR) is 99.2 cm³/mol. The minimum Gasteiger partial charge on any atom is -0.332 e. The smallest absolute Gasteiger partial charge is 0.319 e. The summed E-state index contributed by atoms with van der Waals surface area (Å²) in [5.41, 5.74) is 5.62. The summed E-state index contributed by atoms with van der Waals surface area (Å²) in [5.74, 6) is 0. The Labute approximate surface area is 147 Å². The van der Waals surface area contributed by atoms with Crippen LogP contribution in [0.3, 0.4) is 0 Å². The highest BCUT2D eigenvalue weighted by Gasteiger charge is 2.07. The second-order valence-electron chi connectivity index (χ2n) is 5.82. The zero-order valence-electron chi connectivity index (χ0n) is 14.3. The van der Waals surface area contributed by atoms with Crippen LogP contribution < -0.4 is 10.6 Å². The van der Waals surface area contributed by atoms with Gasteiger partial charge in [0.05, 0.1) is 17.9 Å². The van der Waals surface area contributed by atoms with E-state index in [0.29, 0.717) is 6.54 Å². The zero-order chi connectivity index (χ0) is 17.6. The van der Waals surface area contributed by atoms with Gasteiger partial charge in [-0.05, 0) is 37.1 Å². The maximum atomic E-state index is 12.1. The van der Waals surface area contributed by atoms with Crippen LogP contribution in [0, 0.1) is 13.8 Å². The van der Waals surface area contributed by atoms with E-state index in [1.54, 1.807) is 0 Å². The van der Waals surface area contributed by atoms with Gasteiger partial charge in [-0.2, -0.15) is 0 Å². The number of anilines is 1. The number of amides is 2. The first-order valence-electron chi connectivity index (χ1n) is 8.11. The molecule has 0 radical (unpaired) electrons. The molecule has 0 unspecified atom stereocenters. The average Bonchev–Trinajstić information content (AvgIpc) is 2.65. The van der Waals surface area contributed by atoms with Crippen molar-refractivity contribution in [2.24, 2.45) is 0 Å². The minimum absolute atomic E-state index is 0.256. The number of nitrogens with zero attached hydrogens (tertiary/aromatic N) is 2. The van der Waals surface area contributed by atoms with Crippen molar-refractivity contribution >= 4 is 11.7 Å². The molecule has 0 atom stereocenters. The molecule has 3 aromatic rings. The first-order chi connectivity index (χ1) is 12.1. The van der Waals surface area contributed by atoms with Gasteiger partial charge >= 0.3 is 6.03 Å². The molecule has 0 aliphatic carbocycles. The summed E-state index contributed by atoms with van der Waals surface area (Å²) in [4.78, 5) is 20.6. The van der Waals surface area contributed by atoms with E-state index in [4.69, 9.17) is 0 Å². The van der Waals surface area contributed by atoms with Crippen molar-refractivity contribution in [2.45, 2.75) is 20.4 Å². The quantitative estimate of drug-likeness (QED) is 0.756. The molecule has 5 nitrogen and oxygen atoms in total. The standard InChI is InChI=1S/C20H20N4O/c1-14-7-6-10-18(15(14)2)24-20(25)21-12-17-11-19(23-13-22-17)16-8-4-3-5-9-16/h3-11,13H,12H2,1-2H3,(H2,21,24,25). The van der Waals surface area contributed by atoms with E-state index in [1.165, 1.54) is 6.33 Å². The molecule has 5 heteroatoms. The number of urea groups is 1. The number of benzene rings is 2. The van der Waals surface area contributed by atoms with Gasteiger partial charge < -0.3 is 10.6 Å². The molecule has 25 heavy (non-hydrogen) atoms. The molecule has 126 valence electrons. The first-order valence-corrected chi connectivity index (χ1v) is 8.11. The third-order valence-corrected chi connectivity index (χ3v) is 4.08. The summed E-state index contributed by atoms with van der Waals surface area (Å²) in [6.07, 6.45) is 1.52. The third-order valence-electron chi connectivity index (χ3n) is 4.08. The van der Waals surface area contributed by atoms with Gasteiger partial charge in [0, 0.05) is 11.3 Å². The van der Waals surface area contributed by atoms with E-state index in [1.807, 2.05) is 68.4 Å². The molecule has 3 rings (SSSR count). The summed E-state index contributed by atoms with van der Waals surface area (Å²) in [7, 11) is 0. The van der Waals surface area contributed by atoms with Crippen LogP contribution in [0.5, 0.6) is 0 Å². The van der Waals surface area contributed by atoms with E-state index < -0.39 is 0 Å². The monoisotopic (exact) mass is 332 g/mol. The molecule has 2 aromatic carbocycles. The highest BCUT2D eigenvalue weighted by Crippen LogP contribution is 2.18. The summed E-state index contributed by atoms with van der Waals surface area (Å²) < 4.78 is 0. The van der Waals surface area contributed by atoms with Crippen molar-refractivity contribution in [3.63, 3.8) is 0 Å². The van der Waals surface area contributed by atoms with E-state index in [2.05, 4.69) is 20.6 Å². The Morgan fingerprint density at radius 1 is 1.00 bits per heavy atom. The number of hydrogen-bond acceptors (Lipinski definition) is 3. The normalized spacial score (nSPS) is 10.3. The van der Waals surface area contributed by atoms with Crippen LogP contribution in [0.15, 0.2) is 60.9 Å². The Bertz CT molecular complexity index is 878. The Kier molecular flexibility index (Phi) is 5.04. The van der Waals surface area contributed by atoms with Crippen LogP contribution in [0.1, 0.15) is 16.8 Å². The van der Waals surface area contributed by atoms with Crippen molar-refractivity contribution < 1.29 is 4.79 Å². The van der Waals surface area contributed by atoms with Gasteiger partial charge in [-0.1, -0.05) is 42.5 Å². The van der Waals surface area contributed by atoms with Crippen LogP contribution in [0.25, 0.3) is 11.3 Å². The van der Waals surface area contributed by atoms with Gasteiger partial charge in [-0.15, -0.1) is 0 Å². The van der Waals surface area contributed by atoms with Gasteiger partial charge in [-0.25, -0.2) is 14.8 Å². The van der Waals surface area contributed by atoms with Crippen LogP contribution >= 0.6 is 0 Å². The lowest BCUT2D eigenvalue weighted by Crippen LogP contribution is -2.28. The Balaban J connectivity index is 1.64. The fraction of sp³-hybridized carbons (Fsp3) is 0.150. The summed E-state index contributed by atoms with van der Waals surface area (Å²) >= 11 is 0. The molecule has 0 aliphatic heterocycles. The molecule has 0 bridgehead atoms. The lowest BCUT2D eigenvalue weighted by molar-refractivity contribution is 0.251. The highest BCUT2D eigenvalue weighted by atomic mass is 16.2. The van der Waals surface area contributed by atoms with Gasteiger partial charge in [0.2, 0.25) is 0 Å². The highest BCUT2D eigenvalue weighted by molar-refractivity contribution is 5.90. The molecule has 2 amide bonds. The fourth-order valence-electron chi connectivity index (χ4n) is 2.48. The second-order valence-corrected chi connectivity index (χ2v) is 5.82. The van der Waals surface area contributed by atoms with Crippen molar-refractivity contribution in [1.29, 1.82) is 0 Å². The molecule has 0 fully saturated rings. The number of carbonyl (C=O) groups is 1. The van der Waals surface area contributed by atoms with Crippen molar-refractivity contribution in [3.8, 4) is 11.3 Å². The lowest BCUT2D eigenvalue weighted by Gasteiger charge is -2.11. The van der Waals surface area contributed by atoms with Crippen molar-refractivity contribution in [1.82, 2.24) is 15.3 Å². The molecule has 0 aliphatic rings. The number of nitrogens with one attached hydrogen (secondary N) is 2. The molecule has 2 N–H and O–H groups in total. The summed E-state index contributed by atoms with van der Waals surface area (Å²) in [6.45, 7) is 4.34. The molecular weight excluding hydrogens is 312 g/mol. The Morgan fingerprint density at radius 2 is 1.80 bits per heavy atom. The zero-order valence-corrected chi connectivity index (χ0v) is 14.3. The largest absolute Gasteiger partial charge is 0.332 e. The number of aromatic nitrogens is 2.